The maximum absolute atomic E-state index is 3.63. The van der Waals surface area contributed by atoms with Crippen molar-refractivity contribution < 1.29 is 0 Å². The minimum atomic E-state index is 0.417. The van der Waals surface area contributed by atoms with E-state index in [2.05, 4.69) is 68.4 Å². The molecule has 1 aromatic carbocycles. The van der Waals surface area contributed by atoms with Crippen LogP contribution in [0, 0.1) is 5.41 Å². The van der Waals surface area contributed by atoms with Crippen LogP contribution in [0.2, 0.25) is 0 Å². The lowest BCUT2D eigenvalue weighted by atomic mass is 9.81. The number of likely N-dealkylation sites (N-methyl/N-ethyl adjacent to an activating group) is 1. The molecule has 0 unspecified atom stereocenters. The molecular formula is C19H34N2. The molecule has 0 aliphatic carbocycles. The minimum Gasteiger partial charge on any atom is -0.316 e. The summed E-state index contributed by atoms with van der Waals surface area (Å²) in [6, 6.07) is 10.8. The molecule has 1 rings (SSSR count). The zero-order chi connectivity index (χ0) is 15.6. The van der Waals surface area contributed by atoms with Gasteiger partial charge in [0.2, 0.25) is 0 Å². The van der Waals surface area contributed by atoms with Crippen molar-refractivity contribution in [3.05, 3.63) is 35.9 Å². The van der Waals surface area contributed by atoms with E-state index in [1.807, 2.05) is 0 Å². The van der Waals surface area contributed by atoms with Crippen molar-refractivity contribution in [1.29, 1.82) is 0 Å². The van der Waals surface area contributed by atoms with Gasteiger partial charge in [-0.25, -0.2) is 0 Å². The van der Waals surface area contributed by atoms with Crippen molar-refractivity contribution in [2.75, 3.05) is 33.2 Å². The summed E-state index contributed by atoms with van der Waals surface area (Å²) < 4.78 is 0. The summed E-state index contributed by atoms with van der Waals surface area (Å²) in [4.78, 5) is 2.51. The molecule has 0 spiro atoms. The van der Waals surface area contributed by atoms with Gasteiger partial charge in [0.25, 0.3) is 0 Å². The molecule has 0 saturated carbocycles. The third kappa shape index (κ3) is 6.62. The Morgan fingerprint density at radius 1 is 1.05 bits per heavy atom. The summed E-state index contributed by atoms with van der Waals surface area (Å²) in [5, 5.41) is 3.63. The molecule has 1 aromatic rings. The third-order valence-electron chi connectivity index (χ3n) is 4.66. The van der Waals surface area contributed by atoms with Gasteiger partial charge in [-0.15, -0.1) is 0 Å². The molecule has 21 heavy (non-hydrogen) atoms. The Bertz CT molecular complexity index is 357. The van der Waals surface area contributed by atoms with Gasteiger partial charge in [-0.05, 0) is 50.3 Å². The summed E-state index contributed by atoms with van der Waals surface area (Å²) >= 11 is 0. The van der Waals surface area contributed by atoms with Crippen molar-refractivity contribution >= 4 is 0 Å². The fourth-order valence-corrected chi connectivity index (χ4v) is 2.93. The van der Waals surface area contributed by atoms with Gasteiger partial charge in [-0.3, -0.25) is 0 Å². The van der Waals surface area contributed by atoms with E-state index < -0.39 is 0 Å². The number of rotatable bonds is 11. The Morgan fingerprint density at radius 2 is 1.71 bits per heavy atom. The predicted molar refractivity (Wildman–Crippen MR) is 93.8 cm³/mol. The molecule has 2 heteroatoms. The second-order valence-corrected chi connectivity index (χ2v) is 6.36. The third-order valence-corrected chi connectivity index (χ3v) is 4.66. The molecule has 0 atom stereocenters. The topological polar surface area (TPSA) is 15.3 Å². The lowest BCUT2D eigenvalue weighted by molar-refractivity contribution is 0.156. The lowest BCUT2D eigenvalue weighted by Crippen LogP contribution is -2.43. The van der Waals surface area contributed by atoms with Crippen LogP contribution in [0.25, 0.3) is 0 Å². The molecule has 0 heterocycles. The summed E-state index contributed by atoms with van der Waals surface area (Å²) in [6.07, 6.45) is 4.85. The first-order valence-corrected chi connectivity index (χ1v) is 8.59. The summed E-state index contributed by atoms with van der Waals surface area (Å²) in [6.45, 7) is 11.5. The van der Waals surface area contributed by atoms with Crippen molar-refractivity contribution in [2.45, 2.75) is 46.5 Å². The average Bonchev–Trinajstić information content (AvgIpc) is 2.53. The van der Waals surface area contributed by atoms with E-state index >= 15 is 0 Å². The van der Waals surface area contributed by atoms with E-state index in [4.69, 9.17) is 0 Å². The quantitative estimate of drug-likeness (QED) is 0.620. The summed E-state index contributed by atoms with van der Waals surface area (Å²) in [5.74, 6) is 0. The largest absolute Gasteiger partial charge is 0.316 e. The normalized spacial score (nSPS) is 12.0. The van der Waals surface area contributed by atoms with Crippen LogP contribution in [0.15, 0.2) is 30.3 Å². The first-order chi connectivity index (χ1) is 10.2. The van der Waals surface area contributed by atoms with E-state index in [-0.39, 0.29) is 0 Å². The van der Waals surface area contributed by atoms with Gasteiger partial charge in [0, 0.05) is 19.6 Å². The van der Waals surface area contributed by atoms with Crippen LogP contribution >= 0.6 is 0 Å². The van der Waals surface area contributed by atoms with Gasteiger partial charge in [0.15, 0.2) is 0 Å². The van der Waals surface area contributed by atoms with Crippen LogP contribution < -0.4 is 5.32 Å². The lowest BCUT2D eigenvalue weighted by Gasteiger charge is -2.36. The number of nitrogens with one attached hydrogen (secondary N) is 1. The molecule has 2 nitrogen and oxygen atoms in total. The number of nitrogens with zero attached hydrogens (tertiary/aromatic N) is 1. The van der Waals surface area contributed by atoms with E-state index in [0.717, 1.165) is 26.1 Å². The van der Waals surface area contributed by atoms with Crippen LogP contribution in [0.4, 0.5) is 0 Å². The van der Waals surface area contributed by atoms with E-state index in [9.17, 15) is 0 Å². The van der Waals surface area contributed by atoms with Gasteiger partial charge in [0.1, 0.15) is 0 Å². The number of hydrogen-bond donors (Lipinski definition) is 1. The Kier molecular flexibility index (Phi) is 8.63. The first-order valence-electron chi connectivity index (χ1n) is 8.59. The summed E-state index contributed by atoms with van der Waals surface area (Å²) in [5.41, 5.74) is 1.85. The van der Waals surface area contributed by atoms with Crippen LogP contribution in [0.5, 0.6) is 0 Å². The highest BCUT2D eigenvalue weighted by atomic mass is 15.1. The van der Waals surface area contributed by atoms with Gasteiger partial charge < -0.3 is 10.2 Å². The van der Waals surface area contributed by atoms with E-state index in [0.29, 0.717) is 5.41 Å². The van der Waals surface area contributed by atoms with Crippen molar-refractivity contribution in [3.63, 3.8) is 0 Å². The SMILES string of the molecule is CCCNCC(CC)(CC)CN(C)CCc1ccccc1. The molecule has 0 amide bonds. The van der Waals surface area contributed by atoms with Crippen LogP contribution in [-0.4, -0.2) is 38.1 Å². The minimum absolute atomic E-state index is 0.417. The van der Waals surface area contributed by atoms with Gasteiger partial charge in [-0.2, -0.15) is 0 Å². The molecule has 0 radical (unpaired) electrons. The molecule has 0 aromatic heterocycles. The highest BCUT2D eigenvalue weighted by molar-refractivity contribution is 5.14. The zero-order valence-electron chi connectivity index (χ0n) is 14.5. The van der Waals surface area contributed by atoms with Crippen LogP contribution in [0.1, 0.15) is 45.6 Å². The standard InChI is InChI=1S/C19H34N2/c1-5-14-20-16-19(6-2,7-3)17-21(4)15-13-18-11-9-8-10-12-18/h8-12,20H,5-7,13-17H2,1-4H3. The molecule has 0 fully saturated rings. The predicted octanol–water partition coefficient (Wildman–Crippen LogP) is 3.97. The van der Waals surface area contributed by atoms with E-state index in [1.54, 1.807) is 0 Å². The Hall–Kier alpha value is -0.860. The second-order valence-electron chi connectivity index (χ2n) is 6.36. The molecule has 0 aliphatic rings. The highest BCUT2D eigenvalue weighted by Crippen LogP contribution is 2.26. The van der Waals surface area contributed by atoms with Crippen LogP contribution in [0.3, 0.4) is 0 Å². The molecule has 0 saturated heterocycles. The first kappa shape index (κ1) is 18.2. The number of hydrogen-bond acceptors (Lipinski definition) is 2. The molecule has 0 bridgehead atoms. The van der Waals surface area contributed by atoms with Gasteiger partial charge in [0.05, 0.1) is 0 Å². The van der Waals surface area contributed by atoms with Crippen molar-refractivity contribution in [1.82, 2.24) is 10.2 Å². The molecule has 0 aliphatic heterocycles. The van der Waals surface area contributed by atoms with E-state index in [1.165, 1.54) is 31.4 Å². The average molecular weight is 290 g/mol. The molecule has 1 N–H and O–H groups in total. The smallest absolute Gasteiger partial charge is 0.00470 e. The Balaban J connectivity index is 2.45. The zero-order valence-corrected chi connectivity index (χ0v) is 14.5. The monoisotopic (exact) mass is 290 g/mol. The fraction of sp³-hybridized carbons (Fsp3) is 0.684. The van der Waals surface area contributed by atoms with Crippen molar-refractivity contribution in [3.8, 4) is 0 Å². The van der Waals surface area contributed by atoms with Crippen LogP contribution in [-0.2, 0) is 6.42 Å². The maximum atomic E-state index is 3.63. The van der Waals surface area contributed by atoms with Gasteiger partial charge in [-0.1, -0.05) is 51.1 Å². The fourth-order valence-electron chi connectivity index (χ4n) is 2.93. The second kappa shape index (κ2) is 9.97. The Labute approximate surface area is 131 Å². The molecule has 120 valence electrons. The summed E-state index contributed by atoms with van der Waals surface area (Å²) in [7, 11) is 2.27. The highest BCUT2D eigenvalue weighted by Gasteiger charge is 2.27. The maximum Gasteiger partial charge on any atom is 0.00470 e. The van der Waals surface area contributed by atoms with Gasteiger partial charge >= 0.3 is 0 Å². The van der Waals surface area contributed by atoms with Crippen molar-refractivity contribution in [2.24, 2.45) is 5.41 Å². The Morgan fingerprint density at radius 3 is 2.29 bits per heavy atom. The molecular weight excluding hydrogens is 256 g/mol. The number of benzene rings is 1.